The second-order valence-corrected chi connectivity index (χ2v) is 7.79. The number of nitro groups is 1. The van der Waals surface area contributed by atoms with Crippen LogP contribution in [0.3, 0.4) is 0 Å². The van der Waals surface area contributed by atoms with E-state index in [1.54, 1.807) is 23.9 Å². The number of aryl methyl sites for hydroxylation is 1. The molecule has 0 radical (unpaired) electrons. The van der Waals surface area contributed by atoms with Gasteiger partial charge in [0.1, 0.15) is 0 Å². The lowest BCUT2D eigenvalue weighted by atomic mass is 10.1. The molecule has 0 spiro atoms. The zero-order valence-electron chi connectivity index (χ0n) is 15.5. The van der Waals surface area contributed by atoms with Gasteiger partial charge in [-0.1, -0.05) is 54.6 Å². The molecule has 0 aliphatic rings. The summed E-state index contributed by atoms with van der Waals surface area (Å²) in [7, 11) is 0. The molecule has 0 fully saturated rings. The van der Waals surface area contributed by atoms with E-state index in [9.17, 15) is 10.1 Å². The van der Waals surface area contributed by atoms with Crippen LogP contribution in [0.2, 0.25) is 0 Å². The predicted molar refractivity (Wildman–Crippen MR) is 115 cm³/mol. The molecule has 0 N–H and O–H groups in total. The Kier molecular flexibility index (Phi) is 5.17. The van der Waals surface area contributed by atoms with Crippen molar-refractivity contribution in [3.63, 3.8) is 0 Å². The highest BCUT2D eigenvalue weighted by atomic mass is 32.2. The molecule has 140 valence electrons. The minimum Gasteiger partial charge on any atom is -0.342 e. The Balaban J connectivity index is 1.59. The summed E-state index contributed by atoms with van der Waals surface area (Å²) in [5, 5.41) is 12.1. The molecule has 5 heteroatoms. The van der Waals surface area contributed by atoms with Crippen LogP contribution < -0.4 is 0 Å². The Morgan fingerprint density at radius 3 is 2.43 bits per heavy atom. The van der Waals surface area contributed by atoms with Crippen molar-refractivity contribution in [2.45, 2.75) is 24.1 Å². The Labute approximate surface area is 168 Å². The standard InChI is InChI=1S/C23H20N2O2S/c1-17-6-2-3-7-19(17)14-24-15-23(21-8-4-5-9-22(21)24)28-16-18-10-12-20(13-11-18)25(26)27/h2-13,15H,14,16H2,1H3. The molecule has 0 atom stereocenters. The fourth-order valence-corrected chi connectivity index (χ4v) is 4.35. The molecule has 0 aliphatic heterocycles. The summed E-state index contributed by atoms with van der Waals surface area (Å²) in [4.78, 5) is 11.7. The van der Waals surface area contributed by atoms with E-state index in [4.69, 9.17) is 0 Å². The van der Waals surface area contributed by atoms with Gasteiger partial charge in [0, 0.05) is 46.4 Å². The van der Waals surface area contributed by atoms with Crippen molar-refractivity contribution < 1.29 is 4.92 Å². The van der Waals surface area contributed by atoms with E-state index in [1.807, 2.05) is 12.1 Å². The molecule has 28 heavy (non-hydrogen) atoms. The molecule has 0 saturated heterocycles. The van der Waals surface area contributed by atoms with Crippen molar-refractivity contribution in [2.75, 3.05) is 0 Å². The molecule has 0 amide bonds. The van der Waals surface area contributed by atoms with Crippen LogP contribution in [0.1, 0.15) is 16.7 Å². The number of thioether (sulfide) groups is 1. The second kappa shape index (κ2) is 7.90. The molecule has 4 aromatic rings. The van der Waals surface area contributed by atoms with Crippen LogP contribution in [-0.4, -0.2) is 9.49 Å². The third-order valence-electron chi connectivity index (χ3n) is 4.90. The smallest absolute Gasteiger partial charge is 0.269 e. The Morgan fingerprint density at radius 1 is 0.964 bits per heavy atom. The van der Waals surface area contributed by atoms with E-state index in [-0.39, 0.29) is 10.6 Å². The van der Waals surface area contributed by atoms with Gasteiger partial charge in [0.25, 0.3) is 5.69 Å². The largest absolute Gasteiger partial charge is 0.342 e. The van der Waals surface area contributed by atoms with Gasteiger partial charge in [-0.2, -0.15) is 0 Å². The number of hydrogen-bond acceptors (Lipinski definition) is 3. The highest BCUT2D eigenvalue weighted by Crippen LogP contribution is 2.33. The normalized spacial score (nSPS) is 11.0. The monoisotopic (exact) mass is 388 g/mol. The predicted octanol–water partition coefficient (Wildman–Crippen LogP) is 6.20. The van der Waals surface area contributed by atoms with Crippen LogP contribution in [0.5, 0.6) is 0 Å². The molecule has 0 aliphatic carbocycles. The molecule has 1 heterocycles. The molecule has 4 rings (SSSR count). The van der Waals surface area contributed by atoms with Gasteiger partial charge in [-0.25, -0.2) is 0 Å². The van der Waals surface area contributed by atoms with E-state index in [0.29, 0.717) is 0 Å². The fraction of sp³-hybridized carbons (Fsp3) is 0.130. The first kappa shape index (κ1) is 18.3. The zero-order valence-corrected chi connectivity index (χ0v) is 16.4. The Hall–Kier alpha value is -3.05. The van der Waals surface area contributed by atoms with Gasteiger partial charge in [-0.05, 0) is 29.7 Å². The summed E-state index contributed by atoms with van der Waals surface area (Å²) >= 11 is 1.76. The zero-order chi connectivity index (χ0) is 19.5. The van der Waals surface area contributed by atoms with Gasteiger partial charge < -0.3 is 4.57 Å². The van der Waals surface area contributed by atoms with Gasteiger partial charge in [0.15, 0.2) is 0 Å². The summed E-state index contributed by atoms with van der Waals surface area (Å²) in [6.45, 7) is 2.98. The fourth-order valence-electron chi connectivity index (χ4n) is 3.30. The summed E-state index contributed by atoms with van der Waals surface area (Å²) in [6.07, 6.45) is 2.22. The van der Waals surface area contributed by atoms with Crippen LogP contribution in [0.4, 0.5) is 5.69 Å². The maximum absolute atomic E-state index is 10.8. The first-order chi connectivity index (χ1) is 13.6. The summed E-state index contributed by atoms with van der Waals surface area (Å²) in [6, 6.07) is 23.7. The van der Waals surface area contributed by atoms with Gasteiger partial charge in [0.2, 0.25) is 0 Å². The average Bonchev–Trinajstić information content (AvgIpc) is 3.06. The van der Waals surface area contributed by atoms with Crippen molar-refractivity contribution in [3.05, 3.63) is 106 Å². The average molecular weight is 388 g/mol. The summed E-state index contributed by atoms with van der Waals surface area (Å²) in [5.41, 5.74) is 5.03. The number of nitro benzene ring substituents is 1. The van der Waals surface area contributed by atoms with E-state index in [1.165, 1.54) is 26.9 Å². The number of para-hydroxylation sites is 1. The highest BCUT2D eigenvalue weighted by Gasteiger charge is 2.11. The quantitative estimate of drug-likeness (QED) is 0.224. The van der Waals surface area contributed by atoms with Gasteiger partial charge in [-0.3, -0.25) is 10.1 Å². The van der Waals surface area contributed by atoms with Crippen LogP contribution >= 0.6 is 11.8 Å². The topological polar surface area (TPSA) is 48.1 Å². The molecule has 3 aromatic carbocycles. The van der Waals surface area contributed by atoms with Gasteiger partial charge in [-0.15, -0.1) is 11.8 Å². The number of hydrogen-bond donors (Lipinski definition) is 0. The lowest BCUT2D eigenvalue weighted by Gasteiger charge is -2.08. The van der Waals surface area contributed by atoms with Crippen LogP contribution in [0.15, 0.2) is 83.9 Å². The molecule has 1 aromatic heterocycles. The maximum atomic E-state index is 10.8. The number of nitrogens with zero attached hydrogens (tertiary/aromatic N) is 2. The number of aromatic nitrogens is 1. The Morgan fingerprint density at radius 2 is 1.68 bits per heavy atom. The van der Waals surface area contributed by atoms with Crippen LogP contribution in [0, 0.1) is 17.0 Å². The molecule has 0 bridgehead atoms. The van der Waals surface area contributed by atoms with Crippen molar-refractivity contribution in [1.82, 2.24) is 4.57 Å². The lowest BCUT2D eigenvalue weighted by molar-refractivity contribution is -0.384. The SMILES string of the molecule is Cc1ccccc1Cn1cc(SCc2ccc([N+](=O)[O-])cc2)c2ccccc21. The third-order valence-corrected chi connectivity index (χ3v) is 6.01. The van der Waals surface area contributed by atoms with E-state index < -0.39 is 0 Å². The molecular weight excluding hydrogens is 368 g/mol. The Bertz CT molecular complexity index is 1130. The molecule has 0 saturated carbocycles. The number of non-ortho nitro benzene ring substituents is 1. The number of fused-ring (bicyclic) bond motifs is 1. The van der Waals surface area contributed by atoms with Gasteiger partial charge >= 0.3 is 0 Å². The third kappa shape index (κ3) is 3.80. The second-order valence-electron chi connectivity index (χ2n) is 6.78. The maximum Gasteiger partial charge on any atom is 0.269 e. The molecule has 0 unspecified atom stereocenters. The van der Waals surface area contributed by atoms with Gasteiger partial charge in [0.05, 0.1) is 4.92 Å². The molecular formula is C23H20N2O2S. The molecule has 4 nitrogen and oxygen atoms in total. The first-order valence-corrected chi connectivity index (χ1v) is 10.1. The van der Waals surface area contributed by atoms with E-state index in [2.05, 4.69) is 66.2 Å². The van der Waals surface area contributed by atoms with Crippen molar-refractivity contribution in [1.29, 1.82) is 0 Å². The van der Waals surface area contributed by atoms with Crippen LogP contribution in [0.25, 0.3) is 10.9 Å². The summed E-state index contributed by atoms with van der Waals surface area (Å²) in [5.74, 6) is 0.774. The lowest BCUT2D eigenvalue weighted by Crippen LogP contribution is -1.99. The van der Waals surface area contributed by atoms with Crippen molar-refractivity contribution in [3.8, 4) is 0 Å². The van der Waals surface area contributed by atoms with Crippen molar-refractivity contribution >= 4 is 28.4 Å². The number of rotatable bonds is 6. The van der Waals surface area contributed by atoms with E-state index >= 15 is 0 Å². The minimum atomic E-state index is -0.365. The number of benzene rings is 3. The minimum absolute atomic E-state index is 0.128. The van der Waals surface area contributed by atoms with Crippen molar-refractivity contribution in [2.24, 2.45) is 0 Å². The van der Waals surface area contributed by atoms with E-state index in [0.717, 1.165) is 17.9 Å². The van der Waals surface area contributed by atoms with Crippen LogP contribution in [-0.2, 0) is 12.3 Å². The first-order valence-electron chi connectivity index (χ1n) is 9.10. The summed E-state index contributed by atoms with van der Waals surface area (Å²) < 4.78 is 2.30. The highest BCUT2D eigenvalue weighted by molar-refractivity contribution is 7.98.